The molecule has 1 aromatic rings. The SMILES string of the molecule is CCc1c(C)nn(C2CC(C)(C)CCC2O)c1C. The summed E-state index contributed by atoms with van der Waals surface area (Å²) in [6.45, 7) is 11.0. The van der Waals surface area contributed by atoms with Crippen molar-refractivity contribution in [2.24, 2.45) is 5.41 Å². The van der Waals surface area contributed by atoms with E-state index < -0.39 is 0 Å². The van der Waals surface area contributed by atoms with Crippen LogP contribution >= 0.6 is 0 Å². The van der Waals surface area contributed by atoms with Crippen LogP contribution in [0.25, 0.3) is 0 Å². The summed E-state index contributed by atoms with van der Waals surface area (Å²) in [5, 5.41) is 15.0. The molecule has 2 unspecified atom stereocenters. The molecule has 0 bridgehead atoms. The maximum absolute atomic E-state index is 10.3. The van der Waals surface area contributed by atoms with Crippen molar-refractivity contribution in [2.45, 2.75) is 72.4 Å². The lowest BCUT2D eigenvalue weighted by molar-refractivity contribution is 0.0217. The van der Waals surface area contributed by atoms with E-state index in [4.69, 9.17) is 0 Å². The molecule has 18 heavy (non-hydrogen) atoms. The second-order valence-electron chi connectivity index (χ2n) is 6.49. The minimum absolute atomic E-state index is 0.146. The van der Waals surface area contributed by atoms with Gasteiger partial charge in [0.2, 0.25) is 0 Å². The van der Waals surface area contributed by atoms with Crippen LogP contribution in [0.2, 0.25) is 0 Å². The van der Waals surface area contributed by atoms with Gasteiger partial charge in [-0.25, -0.2) is 0 Å². The summed E-state index contributed by atoms with van der Waals surface area (Å²) >= 11 is 0. The molecule has 2 rings (SSSR count). The Balaban J connectivity index is 2.35. The number of aryl methyl sites for hydroxylation is 1. The molecule has 1 aliphatic rings. The standard InChI is InChI=1S/C15H26N2O/c1-6-12-10(2)16-17(11(12)3)13-9-15(4,5)8-7-14(13)18/h13-14,18H,6-9H2,1-5H3. The van der Waals surface area contributed by atoms with Crippen LogP contribution in [-0.4, -0.2) is 21.0 Å². The quantitative estimate of drug-likeness (QED) is 0.875. The molecule has 0 amide bonds. The summed E-state index contributed by atoms with van der Waals surface area (Å²) in [5.41, 5.74) is 4.00. The maximum Gasteiger partial charge on any atom is 0.0786 e. The normalized spacial score (nSPS) is 27.4. The average molecular weight is 250 g/mol. The molecule has 3 heteroatoms. The molecular formula is C15H26N2O. The van der Waals surface area contributed by atoms with E-state index in [9.17, 15) is 5.11 Å². The molecule has 3 nitrogen and oxygen atoms in total. The Morgan fingerprint density at radius 3 is 2.61 bits per heavy atom. The molecule has 1 aliphatic carbocycles. The number of aliphatic hydroxyl groups is 1. The summed E-state index contributed by atoms with van der Waals surface area (Å²) in [6, 6.07) is 0.146. The molecule has 1 saturated carbocycles. The van der Waals surface area contributed by atoms with Gasteiger partial charge >= 0.3 is 0 Å². The first-order valence-corrected chi connectivity index (χ1v) is 7.08. The predicted octanol–water partition coefficient (Wildman–Crippen LogP) is 3.17. The second kappa shape index (κ2) is 4.69. The van der Waals surface area contributed by atoms with E-state index >= 15 is 0 Å². The molecule has 1 N–H and O–H groups in total. The van der Waals surface area contributed by atoms with Crippen molar-refractivity contribution >= 4 is 0 Å². The van der Waals surface area contributed by atoms with Crippen molar-refractivity contribution < 1.29 is 5.11 Å². The van der Waals surface area contributed by atoms with Gasteiger partial charge in [-0.1, -0.05) is 20.8 Å². The summed E-state index contributed by atoms with van der Waals surface area (Å²) in [5.74, 6) is 0. The first-order valence-electron chi connectivity index (χ1n) is 7.08. The van der Waals surface area contributed by atoms with Gasteiger partial charge in [0, 0.05) is 5.69 Å². The van der Waals surface area contributed by atoms with E-state index in [1.807, 2.05) is 0 Å². The molecule has 0 aromatic carbocycles. The monoisotopic (exact) mass is 250 g/mol. The molecule has 0 radical (unpaired) electrons. The zero-order valence-electron chi connectivity index (χ0n) is 12.3. The number of nitrogens with zero attached hydrogens (tertiary/aromatic N) is 2. The molecular weight excluding hydrogens is 224 g/mol. The third-order valence-electron chi connectivity index (χ3n) is 4.47. The topological polar surface area (TPSA) is 38.0 Å². The number of hydrogen-bond acceptors (Lipinski definition) is 2. The Hall–Kier alpha value is -0.830. The van der Waals surface area contributed by atoms with Gasteiger partial charge in [0.25, 0.3) is 0 Å². The molecule has 0 aliphatic heterocycles. The molecule has 2 atom stereocenters. The Kier molecular flexibility index (Phi) is 3.54. The van der Waals surface area contributed by atoms with Crippen molar-refractivity contribution in [2.75, 3.05) is 0 Å². The summed E-state index contributed by atoms with van der Waals surface area (Å²) in [4.78, 5) is 0. The highest BCUT2D eigenvalue weighted by Crippen LogP contribution is 2.41. The summed E-state index contributed by atoms with van der Waals surface area (Å²) in [7, 11) is 0. The van der Waals surface area contributed by atoms with Crippen LogP contribution in [0.5, 0.6) is 0 Å². The second-order valence-corrected chi connectivity index (χ2v) is 6.49. The van der Waals surface area contributed by atoms with Crippen LogP contribution in [0, 0.1) is 19.3 Å². The maximum atomic E-state index is 10.3. The zero-order valence-corrected chi connectivity index (χ0v) is 12.3. The van der Waals surface area contributed by atoms with E-state index in [2.05, 4.69) is 44.4 Å². The highest BCUT2D eigenvalue weighted by Gasteiger charge is 2.36. The molecule has 1 fully saturated rings. The van der Waals surface area contributed by atoms with Crippen molar-refractivity contribution in [3.8, 4) is 0 Å². The molecule has 0 spiro atoms. The molecule has 1 aromatic heterocycles. The summed E-state index contributed by atoms with van der Waals surface area (Å²) < 4.78 is 2.08. The Morgan fingerprint density at radius 2 is 2.06 bits per heavy atom. The van der Waals surface area contributed by atoms with Crippen molar-refractivity contribution in [3.05, 3.63) is 17.0 Å². The van der Waals surface area contributed by atoms with Gasteiger partial charge in [-0.05, 0) is 50.5 Å². The fraction of sp³-hybridized carbons (Fsp3) is 0.800. The lowest BCUT2D eigenvalue weighted by Crippen LogP contribution is -2.36. The molecule has 1 heterocycles. The predicted molar refractivity (Wildman–Crippen MR) is 73.8 cm³/mol. The van der Waals surface area contributed by atoms with Gasteiger partial charge in [0.15, 0.2) is 0 Å². The fourth-order valence-electron chi connectivity index (χ4n) is 3.32. The lowest BCUT2D eigenvalue weighted by atomic mass is 9.74. The van der Waals surface area contributed by atoms with Gasteiger partial charge in [-0.2, -0.15) is 5.10 Å². The largest absolute Gasteiger partial charge is 0.391 e. The minimum atomic E-state index is -0.249. The van der Waals surface area contributed by atoms with E-state index in [0.29, 0.717) is 5.41 Å². The third-order valence-corrected chi connectivity index (χ3v) is 4.47. The van der Waals surface area contributed by atoms with Crippen LogP contribution in [-0.2, 0) is 6.42 Å². The Bertz CT molecular complexity index is 434. The minimum Gasteiger partial charge on any atom is -0.391 e. The lowest BCUT2D eigenvalue weighted by Gasteiger charge is -2.39. The van der Waals surface area contributed by atoms with Crippen LogP contribution in [0.4, 0.5) is 0 Å². The number of rotatable bonds is 2. The Morgan fingerprint density at radius 1 is 1.39 bits per heavy atom. The van der Waals surface area contributed by atoms with Crippen LogP contribution in [0.1, 0.15) is 63.0 Å². The van der Waals surface area contributed by atoms with E-state index in [-0.39, 0.29) is 12.1 Å². The van der Waals surface area contributed by atoms with E-state index in [1.54, 1.807) is 0 Å². The first kappa shape index (κ1) is 13.6. The number of aromatic nitrogens is 2. The van der Waals surface area contributed by atoms with E-state index in [1.165, 1.54) is 11.3 Å². The van der Waals surface area contributed by atoms with Crippen molar-refractivity contribution in [1.82, 2.24) is 9.78 Å². The van der Waals surface area contributed by atoms with Gasteiger partial charge in [-0.15, -0.1) is 0 Å². The Labute approximate surface area is 110 Å². The number of hydrogen-bond donors (Lipinski definition) is 1. The highest BCUT2D eigenvalue weighted by molar-refractivity contribution is 5.25. The van der Waals surface area contributed by atoms with Gasteiger partial charge in [-0.3, -0.25) is 4.68 Å². The fourth-order valence-corrected chi connectivity index (χ4v) is 3.32. The van der Waals surface area contributed by atoms with Crippen LogP contribution in [0.15, 0.2) is 0 Å². The smallest absolute Gasteiger partial charge is 0.0786 e. The first-order chi connectivity index (χ1) is 8.35. The highest BCUT2D eigenvalue weighted by atomic mass is 16.3. The summed E-state index contributed by atoms with van der Waals surface area (Å²) in [6.07, 6.45) is 3.77. The van der Waals surface area contributed by atoms with Crippen molar-refractivity contribution in [1.29, 1.82) is 0 Å². The van der Waals surface area contributed by atoms with Gasteiger partial charge in [0.1, 0.15) is 0 Å². The average Bonchev–Trinajstić information content (AvgIpc) is 2.57. The van der Waals surface area contributed by atoms with Crippen LogP contribution in [0.3, 0.4) is 0 Å². The van der Waals surface area contributed by atoms with Crippen LogP contribution < -0.4 is 0 Å². The number of aliphatic hydroxyl groups excluding tert-OH is 1. The molecule has 0 saturated heterocycles. The van der Waals surface area contributed by atoms with Gasteiger partial charge < -0.3 is 5.11 Å². The zero-order chi connectivity index (χ0) is 13.5. The van der Waals surface area contributed by atoms with Gasteiger partial charge in [0.05, 0.1) is 17.8 Å². The molecule has 102 valence electrons. The van der Waals surface area contributed by atoms with Crippen molar-refractivity contribution in [3.63, 3.8) is 0 Å². The van der Waals surface area contributed by atoms with E-state index in [0.717, 1.165) is 31.4 Å². The third kappa shape index (κ3) is 2.33.